The summed E-state index contributed by atoms with van der Waals surface area (Å²) in [5.41, 5.74) is 0.856. The molecule has 1 atom stereocenters. The molecule has 0 fully saturated rings. The average Bonchev–Trinajstić information content (AvgIpc) is 2.45. The Bertz CT molecular complexity index is 471. The average molecular weight is 295 g/mol. The second kappa shape index (κ2) is 8.14. The molecule has 0 saturated carbocycles. The van der Waals surface area contributed by atoms with Crippen molar-refractivity contribution in [3.63, 3.8) is 0 Å². The van der Waals surface area contributed by atoms with Crippen molar-refractivity contribution in [3.8, 4) is 5.75 Å². The molecule has 1 unspecified atom stereocenters. The van der Waals surface area contributed by atoms with Crippen molar-refractivity contribution >= 4 is 17.6 Å². The maximum Gasteiger partial charge on any atom is 0.308 e. The standard InChI is InChI=1S/C15H21NO5/c1-11(15(19)20)10-16(9-3-4-14(17)18)12-5-7-13(21-2)8-6-12/h5-8,11H,3-4,9-10H2,1-2H3,(H,17,18)(H,19,20). The molecule has 0 amide bonds. The summed E-state index contributed by atoms with van der Waals surface area (Å²) in [4.78, 5) is 23.5. The first kappa shape index (κ1) is 16.8. The first-order chi connectivity index (χ1) is 9.93. The number of methoxy groups -OCH3 is 1. The van der Waals surface area contributed by atoms with Crippen molar-refractivity contribution in [2.24, 2.45) is 5.92 Å². The summed E-state index contributed by atoms with van der Waals surface area (Å²) in [5.74, 6) is -1.53. The molecule has 0 heterocycles. The zero-order valence-electron chi connectivity index (χ0n) is 12.3. The van der Waals surface area contributed by atoms with Crippen LogP contribution in [0.15, 0.2) is 24.3 Å². The Labute approximate surface area is 124 Å². The number of hydrogen-bond donors (Lipinski definition) is 2. The SMILES string of the molecule is COc1ccc(N(CCCC(=O)O)CC(C)C(=O)O)cc1. The number of aliphatic carboxylic acids is 2. The van der Waals surface area contributed by atoms with E-state index in [9.17, 15) is 9.59 Å². The van der Waals surface area contributed by atoms with Crippen LogP contribution in [0, 0.1) is 5.92 Å². The van der Waals surface area contributed by atoms with Gasteiger partial charge in [0, 0.05) is 25.2 Å². The third-order valence-electron chi connectivity index (χ3n) is 3.17. The van der Waals surface area contributed by atoms with E-state index < -0.39 is 17.9 Å². The highest BCUT2D eigenvalue weighted by atomic mass is 16.5. The summed E-state index contributed by atoms with van der Waals surface area (Å²) in [6.45, 7) is 2.47. The Morgan fingerprint density at radius 3 is 2.33 bits per heavy atom. The topological polar surface area (TPSA) is 87.1 Å². The van der Waals surface area contributed by atoms with Gasteiger partial charge in [-0.25, -0.2) is 0 Å². The quantitative estimate of drug-likeness (QED) is 0.725. The van der Waals surface area contributed by atoms with E-state index in [0.717, 1.165) is 11.4 Å². The van der Waals surface area contributed by atoms with Crippen molar-refractivity contribution in [2.45, 2.75) is 19.8 Å². The molecule has 1 rings (SSSR count). The Morgan fingerprint density at radius 1 is 1.24 bits per heavy atom. The molecular formula is C15H21NO5. The van der Waals surface area contributed by atoms with E-state index in [-0.39, 0.29) is 6.42 Å². The largest absolute Gasteiger partial charge is 0.497 e. The smallest absolute Gasteiger partial charge is 0.308 e. The van der Waals surface area contributed by atoms with Gasteiger partial charge >= 0.3 is 11.9 Å². The molecule has 0 radical (unpaired) electrons. The molecule has 1 aromatic carbocycles. The van der Waals surface area contributed by atoms with Gasteiger partial charge in [0.2, 0.25) is 0 Å². The maximum atomic E-state index is 11.0. The monoisotopic (exact) mass is 295 g/mol. The molecule has 6 nitrogen and oxygen atoms in total. The molecule has 0 aliphatic rings. The van der Waals surface area contributed by atoms with Crippen LogP contribution in [0.1, 0.15) is 19.8 Å². The van der Waals surface area contributed by atoms with Crippen molar-refractivity contribution in [3.05, 3.63) is 24.3 Å². The molecule has 0 bridgehead atoms. The molecule has 0 saturated heterocycles. The van der Waals surface area contributed by atoms with Crippen LogP contribution in [0.4, 0.5) is 5.69 Å². The van der Waals surface area contributed by atoms with Crippen LogP contribution in [-0.2, 0) is 9.59 Å². The van der Waals surface area contributed by atoms with Gasteiger partial charge in [-0.15, -0.1) is 0 Å². The van der Waals surface area contributed by atoms with Gasteiger partial charge < -0.3 is 19.8 Å². The van der Waals surface area contributed by atoms with Crippen LogP contribution >= 0.6 is 0 Å². The number of carboxylic acids is 2. The van der Waals surface area contributed by atoms with Crippen molar-refractivity contribution < 1.29 is 24.5 Å². The lowest BCUT2D eigenvalue weighted by molar-refractivity contribution is -0.141. The van der Waals surface area contributed by atoms with Crippen LogP contribution in [0.3, 0.4) is 0 Å². The fourth-order valence-electron chi connectivity index (χ4n) is 1.95. The van der Waals surface area contributed by atoms with Crippen LogP contribution in [-0.4, -0.2) is 42.4 Å². The first-order valence-electron chi connectivity index (χ1n) is 6.77. The Kier molecular flexibility index (Phi) is 6.52. The van der Waals surface area contributed by atoms with E-state index in [1.807, 2.05) is 17.0 Å². The van der Waals surface area contributed by atoms with Crippen molar-refractivity contribution in [2.75, 3.05) is 25.1 Å². The molecule has 6 heteroatoms. The number of carbonyl (C=O) groups is 2. The number of hydrogen-bond acceptors (Lipinski definition) is 4. The highest BCUT2D eigenvalue weighted by Gasteiger charge is 2.17. The molecule has 2 N–H and O–H groups in total. The number of benzene rings is 1. The highest BCUT2D eigenvalue weighted by Crippen LogP contribution is 2.21. The lowest BCUT2D eigenvalue weighted by Gasteiger charge is -2.26. The number of anilines is 1. The van der Waals surface area contributed by atoms with E-state index in [1.165, 1.54) is 0 Å². The summed E-state index contributed by atoms with van der Waals surface area (Å²) in [6.07, 6.45) is 0.530. The fourth-order valence-corrected chi connectivity index (χ4v) is 1.95. The molecule has 0 aliphatic carbocycles. The maximum absolute atomic E-state index is 11.0. The molecule has 0 spiro atoms. The zero-order chi connectivity index (χ0) is 15.8. The first-order valence-corrected chi connectivity index (χ1v) is 6.77. The minimum atomic E-state index is -0.869. The normalized spacial score (nSPS) is 11.7. The molecule has 0 aromatic heterocycles. The zero-order valence-corrected chi connectivity index (χ0v) is 12.3. The summed E-state index contributed by atoms with van der Waals surface area (Å²) in [6, 6.07) is 7.28. The number of ether oxygens (including phenoxy) is 1. The lowest BCUT2D eigenvalue weighted by atomic mass is 10.1. The minimum absolute atomic E-state index is 0.0636. The number of nitrogens with zero attached hydrogens (tertiary/aromatic N) is 1. The predicted molar refractivity (Wildman–Crippen MR) is 78.9 cm³/mol. The summed E-state index contributed by atoms with van der Waals surface area (Å²) >= 11 is 0. The van der Waals surface area contributed by atoms with Gasteiger partial charge in [-0.1, -0.05) is 6.92 Å². The third-order valence-corrected chi connectivity index (χ3v) is 3.17. The van der Waals surface area contributed by atoms with E-state index in [4.69, 9.17) is 14.9 Å². The van der Waals surface area contributed by atoms with Gasteiger partial charge in [0.1, 0.15) is 5.75 Å². The molecule has 116 valence electrons. The summed E-state index contributed by atoms with van der Waals surface area (Å²) in [5, 5.41) is 17.7. The minimum Gasteiger partial charge on any atom is -0.497 e. The summed E-state index contributed by atoms with van der Waals surface area (Å²) < 4.78 is 5.09. The Morgan fingerprint density at radius 2 is 1.86 bits per heavy atom. The van der Waals surface area contributed by atoms with Gasteiger partial charge in [-0.2, -0.15) is 0 Å². The summed E-state index contributed by atoms with van der Waals surface area (Å²) in [7, 11) is 1.58. The lowest BCUT2D eigenvalue weighted by Crippen LogP contribution is -2.32. The number of carboxylic acid groups (broad SMARTS) is 2. The van der Waals surface area contributed by atoms with Crippen LogP contribution in [0.25, 0.3) is 0 Å². The van der Waals surface area contributed by atoms with Crippen LogP contribution in [0.2, 0.25) is 0 Å². The molecule has 21 heavy (non-hydrogen) atoms. The fraction of sp³-hybridized carbons (Fsp3) is 0.467. The van der Waals surface area contributed by atoms with E-state index in [2.05, 4.69) is 0 Å². The van der Waals surface area contributed by atoms with Crippen molar-refractivity contribution in [1.29, 1.82) is 0 Å². The van der Waals surface area contributed by atoms with E-state index >= 15 is 0 Å². The Balaban J connectivity index is 2.77. The van der Waals surface area contributed by atoms with Gasteiger partial charge in [-0.05, 0) is 30.7 Å². The second-order valence-corrected chi connectivity index (χ2v) is 4.88. The van der Waals surface area contributed by atoms with Gasteiger partial charge in [0.05, 0.1) is 13.0 Å². The van der Waals surface area contributed by atoms with Gasteiger partial charge in [0.15, 0.2) is 0 Å². The molecule has 0 aliphatic heterocycles. The van der Waals surface area contributed by atoms with Gasteiger partial charge in [0.25, 0.3) is 0 Å². The highest BCUT2D eigenvalue weighted by molar-refractivity contribution is 5.70. The third kappa shape index (κ3) is 5.72. The predicted octanol–water partition coefficient (Wildman–Crippen LogP) is 2.09. The van der Waals surface area contributed by atoms with Gasteiger partial charge in [-0.3, -0.25) is 9.59 Å². The van der Waals surface area contributed by atoms with E-state index in [1.54, 1.807) is 26.2 Å². The van der Waals surface area contributed by atoms with Crippen LogP contribution in [0.5, 0.6) is 5.75 Å². The van der Waals surface area contributed by atoms with E-state index in [0.29, 0.717) is 19.5 Å². The van der Waals surface area contributed by atoms with Crippen LogP contribution < -0.4 is 9.64 Å². The number of rotatable bonds is 9. The Hall–Kier alpha value is -2.24. The van der Waals surface area contributed by atoms with Crippen molar-refractivity contribution in [1.82, 2.24) is 0 Å². The molecule has 1 aromatic rings. The molecular weight excluding hydrogens is 274 g/mol. The second-order valence-electron chi connectivity index (χ2n) is 4.88.